The normalized spacial score (nSPS) is 10.4. The van der Waals surface area contributed by atoms with E-state index in [9.17, 15) is 4.79 Å². The molecular weight excluding hydrogens is 252 g/mol. The van der Waals surface area contributed by atoms with E-state index < -0.39 is 0 Å². The average molecular weight is 266 g/mol. The first-order valence-corrected chi connectivity index (χ1v) is 6.06. The molecule has 0 atom stereocenters. The predicted molar refractivity (Wildman–Crippen MR) is 77.3 cm³/mol. The SMILES string of the molecule is C#CCOc1ccc(/C=C/C(=O)c2cnn(C)c2)cc1. The summed E-state index contributed by atoms with van der Waals surface area (Å²) in [5.74, 6) is 3.03. The summed E-state index contributed by atoms with van der Waals surface area (Å²) in [6, 6.07) is 7.34. The van der Waals surface area contributed by atoms with Crippen molar-refractivity contribution in [3.05, 3.63) is 53.9 Å². The molecule has 0 saturated heterocycles. The first-order valence-electron chi connectivity index (χ1n) is 6.06. The second-order valence-electron chi connectivity index (χ2n) is 4.16. The van der Waals surface area contributed by atoms with E-state index in [-0.39, 0.29) is 12.4 Å². The standard InChI is InChI=1S/C16H14N2O2/c1-3-10-20-15-7-4-13(5-8-15)6-9-16(19)14-11-17-18(2)12-14/h1,4-9,11-12H,10H2,2H3/b9-6+. The molecule has 0 radical (unpaired) electrons. The summed E-state index contributed by atoms with van der Waals surface area (Å²) in [5, 5.41) is 3.96. The van der Waals surface area contributed by atoms with Gasteiger partial charge in [0, 0.05) is 13.2 Å². The molecule has 4 heteroatoms. The van der Waals surface area contributed by atoms with Crippen LogP contribution in [0.25, 0.3) is 6.08 Å². The van der Waals surface area contributed by atoms with Gasteiger partial charge in [-0.3, -0.25) is 9.48 Å². The number of carbonyl (C=O) groups excluding carboxylic acids is 1. The van der Waals surface area contributed by atoms with Gasteiger partial charge < -0.3 is 4.74 Å². The van der Waals surface area contributed by atoms with Crippen LogP contribution in [-0.2, 0) is 7.05 Å². The quantitative estimate of drug-likeness (QED) is 0.474. The van der Waals surface area contributed by atoms with Crippen LogP contribution in [0.2, 0.25) is 0 Å². The van der Waals surface area contributed by atoms with Crippen LogP contribution < -0.4 is 4.74 Å². The van der Waals surface area contributed by atoms with E-state index in [4.69, 9.17) is 11.2 Å². The average Bonchev–Trinajstić information content (AvgIpc) is 2.90. The van der Waals surface area contributed by atoms with E-state index in [1.165, 1.54) is 6.08 Å². The third kappa shape index (κ3) is 3.59. The fourth-order valence-electron chi connectivity index (χ4n) is 1.62. The smallest absolute Gasteiger partial charge is 0.189 e. The maximum absolute atomic E-state index is 11.9. The maximum atomic E-state index is 11.9. The van der Waals surface area contributed by atoms with Gasteiger partial charge in [0.25, 0.3) is 0 Å². The number of hydrogen-bond acceptors (Lipinski definition) is 3. The lowest BCUT2D eigenvalue weighted by molar-refractivity contribution is 0.104. The van der Waals surface area contributed by atoms with Crippen LogP contribution in [0.3, 0.4) is 0 Å². The number of aryl methyl sites for hydroxylation is 1. The van der Waals surface area contributed by atoms with Gasteiger partial charge in [0.15, 0.2) is 5.78 Å². The number of aromatic nitrogens is 2. The molecule has 0 aliphatic rings. The third-order valence-electron chi connectivity index (χ3n) is 2.62. The van der Waals surface area contributed by atoms with Gasteiger partial charge in [-0.2, -0.15) is 5.10 Å². The van der Waals surface area contributed by atoms with Crippen LogP contribution in [0.15, 0.2) is 42.7 Å². The van der Waals surface area contributed by atoms with Gasteiger partial charge >= 0.3 is 0 Å². The number of rotatable bonds is 5. The molecule has 4 nitrogen and oxygen atoms in total. The molecule has 1 heterocycles. The number of benzene rings is 1. The number of nitrogens with zero attached hydrogens (tertiary/aromatic N) is 2. The Morgan fingerprint density at radius 2 is 2.20 bits per heavy atom. The van der Waals surface area contributed by atoms with E-state index in [0.29, 0.717) is 11.3 Å². The van der Waals surface area contributed by atoms with Crippen molar-refractivity contribution >= 4 is 11.9 Å². The zero-order chi connectivity index (χ0) is 14.4. The van der Waals surface area contributed by atoms with Crippen LogP contribution in [-0.4, -0.2) is 22.2 Å². The summed E-state index contributed by atoms with van der Waals surface area (Å²) < 4.78 is 6.87. The number of allylic oxidation sites excluding steroid dienone is 1. The van der Waals surface area contributed by atoms with Crippen molar-refractivity contribution in [2.45, 2.75) is 0 Å². The summed E-state index contributed by atoms with van der Waals surface area (Å²) >= 11 is 0. The first kappa shape index (κ1) is 13.6. The van der Waals surface area contributed by atoms with Crippen molar-refractivity contribution in [2.24, 2.45) is 7.05 Å². The van der Waals surface area contributed by atoms with Crippen molar-refractivity contribution in [2.75, 3.05) is 6.61 Å². The monoisotopic (exact) mass is 266 g/mol. The van der Waals surface area contributed by atoms with Crippen LogP contribution in [0.5, 0.6) is 5.75 Å². The zero-order valence-corrected chi connectivity index (χ0v) is 11.1. The highest BCUT2D eigenvalue weighted by Gasteiger charge is 2.03. The minimum atomic E-state index is -0.0780. The van der Waals surface area contributed by atoms with Crippen LogP contribution >= 0.6 is 0 Å². The molecule has 0 bridgehead atoms. The molecule has 0 aliphatic heterocycles. The molecule has 1 aromatic carbocycles. The van der Waals surface area contributed by atoms with Gasteiger partial charge in [-0.1, -0.05) is 24.1 Å². The van der Waals surface area contributed by atoms with Gasteiger partial charge in [0.1, 0.15) is 12.4 Å². The van der Waals surface area contributed by atoms with E-state index in [1.807, 2.05) is 24.3 Å². The van der Waals surface area contributed by atoms with Crippen LogP contribution in [0, 0.1) is 12.3 Å². The molecule has 2 rings (SSSR count). The Balaban J connectivity index is 2.01. The maximum Gasteiger partial charge on any atom is 0.189 e. The van der Waals surface area contributed by atoms with E-state index in [2.05, 4.69) is 11.0 Å². The van der Waals surface area contributed by atoms with Crippen molar-refractivity contribution in [1.82, 2.24) is 9.78 Å². The lowest BCUT2D eigenvalue weighted by Crippen LogP contribution is -1.93. The molecule has 0 aliphatic carbocycles. The Labute approximate surface area is 117 Å². The van der Waals surface area contributed by atoms with Gasteiger partial charge in [0.05, 0.1) is 11.8 Å². The molecule has 100 valence electrons. The largest absolute Gasteiger partial charge is 0.481 e. The molecule has 0 unspecified atom stereocenters. The van der Waals surface area contributed by atoms with Gasteiger partial charge in [-0.05, 0) is 23.8 Å². The summed E-state index contributed by atoms with van der Waals surface area (Å²) in [7, 11) is 1.77. The highest BCUT2D eigenvalue weighted by atomic mass is 16.5. The Bertz CT molecular complexity index is 661. The Morgan fingerprint density at radius 1 is 1.45 bits per heavy atom. The number of ether oxygens (including phenoxy) is 1. The Morgan fingerprint density at radius 3 is 2.80 bits per heavy atom. The highest BCUT2D eigenvalue weighted by Crippen LogP contribution is 2.13. The predicted octanol–water partition coefficient (Wildman–Crippen LogP) is 2.33. The minimum Gasteiger partial charge on any atom is -0.481 e. The molecule has 0 fully saturated rings. The first-order chi connectivity index (χ1) is 9.69. The van der Waals surface area contributed by atoms with Gasteiger partial charge in [0.2, 0.25) is 0 Å². The summed E-state index contributed by atoms with van der Waals surface area (Å²) in [5.41, 5.74) is 1.48. The van der Waals surface area contributed by atoms with Crippen molar-refractivity contribution in [3.8, 4) is 18.1 Å². The van der Waals surface area contributed by atoms with Gasteiger partial charge in [-0.15, -0.1) is 6.42 Å². The van der Waals surface area contributed by atoms with E-state index in [1.54, 1.807) is 30.2 Å². The lowest BCUT2D eigenvalue weighted by Gasteiger charge is -2.01. The molecule has 20 heavy (non-hydrogen) atoms. The number of carbonyl (C=O) groups is 1. The molecule has 0 saturated carbocycles. The van der Waals surface area contributed by atoms with Crippen molar-refractivity contribution < 1.29 is 9.53 Å². The molecule has 0 N–H and O–H groups in total. The van der Waals surface area contributed by atoms with E-state index >= 15 is 0 Å². The topological polar surface area (TPSA) is 44.1 Å². The summed E-state index contributed by atoms with van der Waals surface area (Å²) in [6.07, 6.45) is 11.6. The molecule has 0 amide bonds. The number of hydrogen-bond donors (Lipinski definition) is 0. The second kappa shape index (κ2) is 6.39. The summed E-state index contributed by atoms with van der Waals surface area (Å²) in [4.78, 5) is 11.9. The minimum absolute atomic E-state index is 0.0780. The van der Waals surface area contributed by atoms with Crippen molar-refractivity contribution in [3.63, 3.8) is 0 Å². The molecule has 0 spiro atoms. The summed E-state index contributed by atoms with van der Waals surface area (Å²) in [6.45, 7) is 0.245. The van der Waals surface area contributed by atoms with Crippen LogP contribution in [0.1, 0.15) is 15.9 Å². The second-order valence-corrected chi connectivity index (χ2v) is 4.16. The number of terminal acetylenes is 1. The fourth-order valence-corrected chi connectivity index (χ4v) is 1.62. The molecule has 1 aromatic heterocycles. The Hall–Kier alpha value is -2.80. The van der Waals surface area contributed by atoms with Crippen molar-refractivity contribution in [1.29, 1.82) is 0 Å². The van der Waals surface area contributed by atoms with E-state index in [0.717, 1.165) is 5.56 Å². The fraction of sp³-hybridized carbons (Fsp3) is 0.125. The van der Waals surface area contributed by atoms with Crippen LogP contribution in [0.4, 0.5) is 0 Å². The molecular formula is C16H14N2O2. The Kier molecular flexibility index (Phi) is 4.35. The highest BCUT2D eigenvalue weighted by molar-refractivity contribution is 6.06. The third-order valence-corrected chi connectivity index (χ3v) is 2.62. The molecule has 2 aromatic rings. The zero-order valence-electron chi connectivity index (χ0n) is 11.1. The lowest BCUT2D eigenvalue weighted by atomic mass is 10.1. The number of ketones is 1. The van der Waals surface area contributed by atoms with Gasteiger partial charge in [-0.25, -0.2) is 0 Å².